The molecule has 0 bridgehead atoms. The molecule has 0 heterocycles. The Morgan fingerprint density at radius 3 is 2.71 bits per heavy atom. The second-order valence-electron chi connectivity index (χ2n) is 3.70. The van der Waals surface area contributed by atoms with Gasteiger partial charge in [0.1, 0.15) is 0 Å². The summed E-state index contributed by atoms with van der Waals surface area (Å²) >= 11 is 0. The van der Waals surface area contributed by atoms with Crippen LogP contribution < -0.4 is 4.74 Å². The zero-order chi connectivity index (χ0) is 12.8. The molecule has 0 N–H and O–H groups in total. The SMILES string of the molecule is CCCCOc1ccc(C(C)=O)cc1[N+](=O)[O-]. The Morgan fingerprint density at radius 2 is 2.18 bits per heavy atom. The van der Waals surface area contributed by atoms with E-state index < -0.39 is 4.92 Å². The Balaban J connectivity index is 2.96. The maximum Gasteiger partial charge on any atom is 0.311 e. The van der Waals surface area contributed by atoms with Crippen molar-refractivity contribution in [3.63, 3.8) is 0 Å². The fourth-order valence-corrected chi connectivity index (χ4v) is 1.33. The third-order valence-electron chi connectivity index (χ3n) is 2.32. The molecule has 1 aromatic carbocycles. The van der Waals surface area contributed by atoms with Crippen molar-refractivity contribution in [2.45, 2.75) is 26.7 Å². The van der Waals surface area contributed by atoms with Crippen molar-refractivity contribution >= 4 is 11.5 Å². The summed E-state index contributed by atoms with van der Waals surface area (Å²) in [6.45, 7) is 3.82. The Morgan fingerprint density at radius 1 is 1.47 bits per heavy atom. The molecule has 1 rings (SSSR count). The average molecular weight is 237 g/mol. The number of carbonyl (C=O) groups is 1. The van der Waals surface area contributed by atoms with Gasteiger partial charge in [-0.25, -0.2) is 0 Å². The van der Waals surface area contributed by atoms with Crippen LogP contribution in [0.4, 0.5) is 5.69 Å². The van der Waals surface area contributed by atoms with E-state index in [0.29, 0.717) is 12.2 Å². The highest BCUT2D eigenvalue weighted by Crippen LogP contribution is 2.28. The van der Waals surface area contributed by atoms with E-state index in [4.69, 9.17) is 4.74 Å². The minimum absolute atomic E-state index is 0.159. The topological polar surface area (TPSA) is 69.4 Å². The van der Waals surface area contributed by atoms with E-state index >= 15 is 0 Å². The molecule has 0 aliphatic carbocycles. The van der Waals surface area contributed by atoms with E-state index in [1.54, 1.807) is 0 Å². The lowest BCUT2D eigenvalue weighted by atomic mass is 10.1. The van der Waals surface area contributed by atoms with E-state index in [1.807, 2.05) is 6.92 Å². The van der Waals surface area contributed by atoms with Gasteiger partial charge in [-0.05, 0) is 25.5 Å². The molecule has 0 fully saturated rings. The van der Waals surface area contributed by atoms with Gasteiger partial charge < -0.3 is 4.74 Å². The normalized spacial score (nSPS) is 10.0. The zero-order valence-electron chi connectivity index (χ0n) is 9.93. The fourth-order valence-electron chi connectivity index (χ4n) is 1.33. The first-order valence-corrected chi connectivity index (χ1v) is 5.48. The highest BCUT2D eigenvalue weighted by Gasteiger charge is 2.17. The summed E-state index contributed by atoms with van der Waals surface area (Å²) in [5.41, 5.74) is 0.161. The van der Waals surface area contributed by atoms with Gasteiger partial charge in [-0.2, -0.15) is 0 Å². The van der Waals surface area contributed by atoms with Gasteiger partial charge in [0.2, 0.25) is 0 Å². The van der Waals surface area contributed by atoms with Crippen molar-refractivity contribution in [3.05, 3.63) is 33.9 Å². The van der Waals surface area contributed by atoms with E-state index in [1.165, 1.54) is 25.1 Å². The predicted octanol–water partition coefficient (Wildman–Crippen LogP) is 2.98. The molecule has 0 aromatic heterocycles. The third kappa shape index (κ3) is 3.55. The van der Waals surface area contributed by atoms with Crippen molar-refractivity contribution in [2.24, 2.45) is 0 Å². The molecule has 0 aliphatic rings. The van der Waals surface area contributed by atoms with Crippen LogP contribution in [-0.2, 0) is 0 Å². The largest absolute Gasteiger partial charge is 0.487 e. The Bertz CT molecular complexity index is 429. The Labute approximate surface area is 99.5 Å². The van der Waals surface area contributed by atoms with Crippen LogP contribution in [0.5, 0.6) is 5.75 Å². The van der Waals surface area contributed by atoms with Gasteiger partial charge in [-0.1, -0.05) is 13.3 Å². The van der Waals surface area contributed by atoms with Crippen molar-refractivity contribution in [2.75, 3.05) is 6.61 Å². The van der Waals surface area contributed by atoms with E-state index in [2.05, 4.69) is 0 Å². The number of nitro benzene ring substituents is 1. The smallest absolute Gasteiger partial charge is 0.311 e. The van der Waals surface area contributed by atoms with Crippen molar-refractivity contribution in [1.29, 1.82) is 0 Å². The lowest BCUT2D eigenvalue weighted by Crippen LogP contribution is -2.02. The summed E-state index contributed by atoms with van der Waals surface area (Å²) in [4.78, 5) is 21.4. The molecule has 17 heavy (non-hydrogen) atoms. The number of hydrogen-bond donors (Lipinski definition) is 0. The number of hydrogen-bond acceptors (Lipinski definition) is 4. The van der Waals surface area contributed by atoms with Gasteiger partial charge in [0.25, 0.3) is 0 Å². The highest BCUT2D eigenvalue weighted by molar-refractivity contribution is 5.95. The predicted molar refractivity (Wildman–Crippen MR) is 63.5 cm³/mol. The van der Waals surface area contributed by atoms with Crippen molar-refractivity contribution in [3.8, 4) is 5.75 Å². The molecule has 5 nitrogen and oxygen atoms in total. The lowest BCUT2D eigenvalue weighted by molar-refractivity contribution is -0.385. The molecule has 0 amide bonds. The first-order chi connectivity index (χ1) is 8.06. The third-order valence-corrected chi connectivity index (χ3v) is 2.32. The van der Waals surface area contributed by atoms with Gasteiger partial charge in [0, 0.05) is 11.6 Å². The van der Waals surface area contributed by atoms with Crippen molar-refractivity contribution < 1.29 is 14.5 Å². The molecule has 0 saturated heterocycles. The van der Waals surface area contributed by atoms with E-state index in [0.717, 1.165) is 12.8 Å². The summed E-state index contributed by atoms with van der Waals surface area (Å²) < 4.78 is 5.32. The number of carbonyl (C=O) groups excluding carboxylic acids is 1. The number of Topliss-reactive ketones (excluding diaryl/α,β-unsaturated/α-hetero) is 1. The summed E-state index contributed by atoms with van der Waals surface area (Å²) in [6.07, 6.45) is 1.80. The van der Waals surface area contributed by atoms with Crippen LogP contribution >= 0.6 is 0 Å². The maximum absolute atomic E-state index is 11.1. The number of rotatable bonds is 6. The number of nitrogens with zero attached hydrogens (tertiary/aromatic N) is 1. The molecule has 0 aliphatic heterocycles. The molecule has 0 atom stereocenters. The van der Waals surface area contributed by atoms with Gasteiger partial charge in [-0.3, -0.25) is 14.9 Å². The average Bonchev–Trinajstić information content (AvgIpc) is 2.29. The summed E-state index contributed by atoms with van der Waals surface area (Å²) in [5, 5.41) is 10.8. The minimum Gasteiger partial charge on any atom is -0.487 e. The number of benzene rings is 1. The highest BCUT2D eigenvalue weighted by atomic mass is 16.6. The Hall–Kier alpha value is -1.91. The maximum atomic E-state index is 11.1. The van der Waals surface area contributed by atoms with E-state index in [9.17, 15) is 14.9 Å². The molecular formula is C12H15NO4. The molecule has 92 valence electrons. The minimum atomic E-state index is -0.534. The number of ketones is 1. The molecule has 0 spiro atoms. The number of unbranched alkanes of at least 4 members (excludes halogenated alkanes) is 1. The van der Waals surface area contributed by atoms with Crippen LogP contribution in [0.3, 0.4) is 0 Å². The summed E-state index contributed by atoms with van der Waals surface area (Å²) in [5.74, 6) is 0.0154. The Kier molecular flexibility index (Phi) is 4.63. The van der Waals surface area contributed by atoms with Gasteiger partial charge >= 0.3 is 5.69 Å². The van der Waals surface area contributed by atoms with E-state index in [-0.39, 0.29) is 17.2 Å². The second kappa shape index (κ2) is 5.98. The van der Waals surface area contributed by atoms with Crippen molar-refractivity contribution in [1.82, 2.24) is 0 Å². The zero-order valence-corrected chi connectivity index (χ0v) is 9.93. The lowest BCUT2D eigenvalue weighted by Gasteiger charge is -2.06. The van der Waals surface area contributed by atoms with Crippen LogP contribution in [0.25, 0.3) is 0 Å². The molecule has 1 aromatic rings. The summed E-state index contributed by atoms with van der Waals surface area (Å²) in [7, 11) is 0. The van der Waals surface area contributed by atoms with Gasteiger partial charge in [0.05, 0.1) is 11.5 Å². The molecule has 0 unspecified atom stereocenters. The molecule has 5 heteroatoms. The monoisotopic (exact) mass is 237 g/mol. The van der Waals surface area contributed by atoms with Crippen LogP contribution in [-0.4, -0.2) is 17.3 Å². The van der Waals surface area contributed by atoms with Gasteiger partial charge in [0.15, 0.2) is 11.5 Å². The quantitative estimate of drug-likeness (QED) is 0.330. The molecular weight excluding hydrogens is 222 g/mol. The number of nitro groups is 1. The first-order valence-electron chi connectivity index (χ1n) is 5.48. The van der Waals surface area contributed by atoms with Crippen LogP contribution in [0.1, 0.15) is 37.0 Å². The second-order valence-corrected chi connectivity index (χ2v) is 3.70. The molecule has 0 radical (unpaired) electrons. The van der Waals surface area contributed by atoms with Gasteiger partial charge in [-0.15, -0.1) is 0 Å². The van der Waals surface area contributed by atoms with Crippen LogP contribution in [0.15, 0.2) is 18.2 Å². The fraction of sp³-hybridized carbons (Fsp3) is 0.417. The standard InChI is InChI=1S/C12H15NO4/c1-3-4-7-17-12-6-5-10(9(2)14)8-11(12)13(15)16/h5-6,8H,3-4,7H2,1-2H3. The number of ether oxygens (including phenoxy) is 1. The summed E-state index contributed by atoms with van der Waals surface area (Å²) in [6, 6.07) is 4.27. The van der Waals surface area contributed by atoms with Crippen LogP contribution in [0.2, 0.25) is 0 Å². The first kappa shape index (κ1) is 13.2. The molecule has 0 saturated carbocycles. The van der Waals surface area contributed by atoms with Crippen LogP contribution in [0, 0.1) is 10.1 Å².